The van der Waals surface area contributed by atoms with Crippen molar-refractivity contribution in [1.82, 2.24) is 5.32 Å². The van der Waals surface area contributed by atoms with Gasteiger partial charge in [0.2, 0.25) is 0 Å². The van der Waals surface area contributed by atoms with Crippen LogP contribution >= 0.6 is 0 Å². The van der Waals surface area contributed by atoms with E-state index in [1.807, 2.05) is 13.0 Å². The lowest BCUT2D eigenvalue weighted by Crippen LogP contribution is -2.24. The standard InChI is InChI=1S/C14H23NO3/c1-11-4-5-13(14(10-11)17-3)12(2)15-6-8-18-9-7-16/h4-5,10,12,15-16H,6-9H2,1-3H3. The minimum absolute atomic E-state index is 0.0708. The van der Waals surface area contributed by atoms with Crippen molar-refractivity contribution in [2.75, 3.05) is 33.5 Å². The van der Waals surface area contributed by atoms with Gasteiger partial charge in [-0.15, -0.1) is 0 Å². The van der Waals surface area contributed by atoms with Gasteiger partial charge >= 0.3 is 0 Å². The Labute approximate surface area is 109 Å². The molecule has 0 fully saturated rings. The minimum atomic E-state index is 0.0708. The van der Waals surface area contributed by atoms with Gasteiger partial charge in [-0.25, -0.2) is 0 Å². The molecule has 0 bridgehead atoms. The molecule has 0 aliphatic carbocycles. The van der Waals surface area contributed by atoms with Crippen molar-refractivity contribution in [3.05, 3.63) is 29.3 Å². The Morgan fingerprint density at radius 1 is 1.33 bits per heavy atom. The van der Waals surface area contributed by atoms with Crippen LogP contribution in [0.1, 0.15) is 24.1 Å². The summed E-state index contributed by atoms with van der Waals surface area (Å²) in [6.45, 7) is 5.95. The molecule has 1 unspecified atom stereocenters. The predicted molar refractivity (Wildman–Crippen MR) is 72.1 cm³/mol. The van der Waals surface area contributed by atoms with Crippen LogP contribution in [0.15, 0.2) is 18.2 Å². The molecule has 1 aromatic carbocycles. The monoisotopic (exact) mass is 253 g/mol. The lowest BCUT2D eigenvalue weighted by Gasteiger charge is -2.17. The zero-order chi connectivity index (χ0) is 13.4. The van der Waals surface area contributed by atoms with Crippen LogP contribution in [0.5, 0.6) is 5.75 Å². The first-order chi connectivity index (χ1) is 8.69. The average molecular weight is 253 g/mol. The van der Waals surface area contributed by atoms with Crippen LogP contribution in [0.4, 0.5) is 0 Å². The van der Waals surface area contributed by atoms with Gasteiger partial charge in [-0.2, -0.15) is 0 Å². The van der Waals surface area contributed by atoms with Gasteiger partial charge < -0.3 is 19.9 Å². The number of methoxy groups -OCH3 is 1. The lowest BCUT2D eigenvalue weighted by molar-refractivity contribution is 0.0928. The molecule has 4 nitrogen and oxygen atoms in total. The van der Waals surface area contributed by atoms with Gasteiger partial charge in [0.05, 0.1) is 26.9 Å². The van der Waals surface area contributed by atoms with E-state index in [1.165, 1.54) is 5.56 Å². The van der Waals surface area contributed by atoms with E-state index in [9.17, 15) is 0 Å². The molecule has 0 aliphatic rings. The molecule has 1 rings (SSSR count). The van der Waals surface area contributed by atoms with Crippen LogP contribution in [0.2, 0.25) is 0 Å². The molecule has 0 heterocycles. The molecule has 0 spiro atoms. The van der Waals surface area contributed by atoms with E-state index in [-0.39, 0.29) is 12.6 Å². The van der Waals surface area contributed by atoms with Crippen LogP contribution in [-0.4, -0.2) is 38.6 Å². The van der Waals surface area contributed by atoms with Crippen LogP contribution in [0.3, 0.4) is 0 Å². The third kappa shape index (κ3) is 4.64. The molecule has 4 heteroatoms. The molecule has 102 valence electrons. The first-order valence-corrected chi connectivity index (χ1v) is 6.25. The molecule has 1 atom stereocenters. The highest BCUT2D eigenvalue weighted by atomic mass is 16.5. The molecule has 0 aliphatic heterocycles. The van der Waals surface area contributed by atoms with Gasteiger partial charge in [0, 0.05) is 18.2 Å². The Morgan fingerprint density at radius 3 is 2.78 bits per heavy atom. The summed E-state index contributed by atoms with van der Waals surface area (Å²) in [5, 5.41) is 12.0. The van der Waals surface area contributed by atoms with Crippen LogP contribution < -0.4 is 10.1 Å². The maximum absolute atomic E-state index is 8.59. The fraction of sp³-hybridized carbons (Fsp3) is 0.571. The molecule has 0 amide bonds. The largest absolute Gasteiger partial charge is 0.496 e. The van der Waals surface area contributed by atoms with Crippen molar-refractivity contribution in [3.63, 3.8) is 0 Å². The molecular formula is C14H23NO3. The number of rotatable bonds is 8. The maximum atomic E-state index is 8.59. The van der Waals surface area contributed by atoms with E-state index in [1.54, 1.807) is 7.11 Å². The van der Waals surface area contributed by atoms with E-state index in [0.717, 1.165) is 17.9 Å². The highest BCUT2D eigenvalue weighted by Crippen LogP contribution is 2.25. The van der Waals surface area contributed by atoms with Crippen molar-refractivity contribution in [2.45, 2.75) is 19.9 Å². The number of hydrogen-bond acceptors (Lipinski definition) is 4. The number of hydrogen-bond donors (Lipinski definition) is 2. The van der Waals surface area contributed by atoms with Crippen LogP contribution in [0, 0.1) is 6.92 Å². The zero-order valence-electron chi connectivity index (χ0n) is 11.4. The SMILES string of the molecule is COc1cc(C)ccc1C(C)NCCOCCO. The van der Waals surface area contributed by atoms with Gasteiger partial charge in [-0.1, -0.05) is 12.1 Å². The van der Waals surface area contributed by atoms with E-state index in [4.69, 9.17) is 14.6 Å². The number of aliphatic hydroxyl groups is 1. The predicted octanol–water partition coefficient (Wildman–Crippen LogP) is 1.66. The van der Waals surface area contributed by atoms with Crippen molar-refractivity contribution in [2.24, 2.45) is 0 Å². The first-order valence-electron chi connectivity index (χ1n) is 6.25. The number of aryl methyl sites for hydroxylation is 1. The third-order valence-electron chi connectivity index (χ3n) is 2.79. The van der Waals surface area contributed by atoms with Crippen molar-refractivity contribution in [3.8, 4) is 5.75 Å². The molecule has 0 aromatic heterocycles. The lowest BCUT2D eigenvalue weighted by atomic mass is 10.1. The number of benzene rings is 1. The van der Waals surface area contributed by atoms with Gasteiger partial charge in [0.25, 0.3) is 0 Å². The fourth-order valence-electron chi connectivity index (χ4n) is 1.80. The summed E-state index contributed by atoms with van der Waals surface area (Å²) in [4.78, 5) is 0. The van der Waals surface area contributed by atoms with Gasteiger partial charge in [-0.3, -0.25) is 0 Å². The highest BCUT2D eigenvalue weighted by molar-refractivity contribution is 5.38. The quantitative estimate of drug-likeness (QED) is 0.692. The summed E-state index contributed by atoms with van der Waals surface area (Å²) < 4.78 is 10.6. The van der Waals surface area contributed by atoms with Crippen molar-refractivity contribution in [1.29, 1.82) is 0 Å². The summed E-state index contributed by atoms with van der Waals surface area (Å²) in [7, 11) is 1.69. The topological polar surface area (TPSA) is 50.7 Å². The molecule has 0 radical (unpaired) electrons. The smallest absolute Gasteiger partial charge is 0.123 e. The molecule has 1 aromatic rings. The molecule has 2 N–H and O–H groups in total. The van der Waals surface area contributed by atoms with Crippen LogP contribution in [-0.2, 0) is 4.74 Å². The van der Waals surface area contributed by atoms with Gasteiger partial charge in [-0.05, 0) is 25.5 Å². The number of ether oxygens (including phenoxy) is 2. The second-order valence-corrected chi connectivity index (χ2v) is 4.26. The van der Waals surface area contributed by atoms with Crippen molar-refractivity contribution < 1.29 is 14.6 Å². The molecular weight excluding hydrogens is 230 g/mol. The summed E-state index contributed by atoms with van der Waals surface area (Å²) in [5.41, 5.74) is 2.33. The molecule has 18 heavy (non-hydrogen) atoms. The normalized spacial score (nSPS) is 12.4. The van der Waals surface area contributed by atoms with E-state index in [2.05, 4.69) is 24.4 Å². The molecule has 0 saturated heterocycles. The van der Waals surface area contributed by atoms with Gasteiger partial charge in [0.15, 0.2) is 0 Å². The van der Waals surface area contributed by atoms with E-state index < -0.39 is 0 Å². The van der Waals surface area contributed by atoms with Crippen LogP contribution in [0.25, 0.3) is 0 Å². The first kappa shape index (κ1) is 15.0. The number of aliphatic hydroxyl groups excluding tert-OH is 1. The summed E-state index contributed by atoms with van der Waals surface area (Å²) in [6.07, 6.45) is 0. The second kappa shape index (κ2) is 8.08. The van der Waals surface area contributed by atoms with E-state index in [0.29, 0.717) is 13.2 Å². The Kier molecular flexibility index (Phi) is 6.72. The van der Waals surface area contributed by atoms with Gasteiger partial charge in [0.1, 0.15) is 5.75 Å². The Hall–Kier alpha value is -1.10. The number of nitrogens with one attached hydrogen (secondary N) is 1. The minimum Gasteiger partial charge on any atom is -0.496 e. The second-order valence-electron chi connectivity index (χ2n) is 4.26. The Balaban J connectivity index is 2.48. The maximum Gasteiger partial charge on any atom is 0.123 e. The summed E-state index contributed by atoms with van der Waals surface area (Å²) in [5.74, 6) is 0.909. The Bertz CT molecular complexity index is 355. The Morgan fingerprint density at radius 2 is 2.11 bits per heavy atom. The average Bonchev–Trinajstić information content (AvgIpc) is 2.38. The van der Waals surface area contributed by atoms with Crippen molar-refractivity contribution >= 4 is 0 Å². The summed E-state index contributed by atoms with van der Waals surface area (Å²) in [6, 6.07) is 6.41. The zero-order valence-corrected chi connectivity index (χ0v) is 11.4. The summed E-state index contributed by atoms with van der Waals surface area (Å²) >= 11 is 0. The van der Waals surface area contributed by atoms with E-state index >= 15 is 0 Å². The fourth-order valence-corrected chi connectivity index (χ4v) is 1.80. The third-order valence-corrected chi connectivity index (χ3v) is 2.79. The molecule has 0 saturated carbocycles. The highest BCUT2D eigenvalue weighted by Gasteiger charge is 2.10.